The van der Waals surface area contributed by atoms with Crippen LogP contribution in [0.4, 0.5) is 16.4 Å². The fraction of sp³-hybridized carbons (Fsp3) is 0.667. The lowest BCUT2D eigenvalue weighted by molar-refractivity contribution is 0.0448. The Morgan fingerprint density at radius 2 is 1.95 bits per heavy atom. The van der Waals surface area contributed by atoms with Gasteiger partial charge in [0, 0.05) is 18.6 Å². The van der Waals surface area contributed by atoms with Crippen molar-refractivity contribution in [2.45, 2.75) is 51.7 Å². The number of nitrogens with zero attached hydrogens (tertiary/aromatic N) is 3. The van der Waals surface area contributed by atoms with Gasteiger partial charge in [-0.2, -0.15) is 0 Å². The average molecular weight is 307 g/mol. The highest BCUT2D eigenvalue weighted by Gasteiger charge is 2.33. The van der Waals surface area contributed by atoms with E-state index in [4.69, 9.17) is 10.5 Å². The maximum absolute atomic E-state index is 11.9. The third kappa shape index (κ3) is 4.47. The molecule has 3 N–H and O–H groups in total. The molecule has 7 nitrogen and oxygen atoms in total. The number of anilines is 2. The van der Waals surface area contributed by atoms with Crippen molar-refractivity contribution in [3.05, 3.63) is 12.1 Å². The molecule has 1 aliphatic heterocycles. The number of ether oxygens (including phenoxy) is 1. The second-order valence-corrected chi connectivity index (χ2v) is 6.99. The minimum atomic E-state index is -0.485. The molecular formula is C15H25N5O2. The zero-order valence-corrected chi connectivity index (χ0v) is 13.7. The van der Waals surface area contributed by atoms with Gasteiger partial charge in [0.15, 0.2) is 5.82 Å². The number of nitrogen functional groups attached to an aromatic ring is 1. The summed E-state index contributed by atoms with van der Waals surface area (Å²) >= 11 is 0. The van der Waals surface area contributed by atoms with Gasteiger partial charge in [0.25, 0.3) is 0 Å². The Morgan fingerprint density at radius 3 is 2.45 bits per heavy atom. The molecule has 1 aromatic rings. The Balaban J connectivity index is 1.90. The molecule has 122 valence electrons. The van der Waals surface area contributed by atoms with Crippen LogP contribution in [-0.4, -0.2) is 40.5 Å². The number of carbonyl (C=O) groups excluding carboxylic acids is 1. The smallest absolute Gasteiger partial charge is 0.408 e. The zero-order chi connectivity index (χ0) is 16.4. The Hall–Kier alpha value is -2.05. The van der Waals surface area contributed by atoms with Crippen LogP contribution in [0.25, 0.3) is 0 Å². The zero-order valence-electron chi connectivity index (χ0n) is 13.7. The lowest BCUT2D eigenvalue weighted by Crippen LogP contribution is -2.54. The number of piperidine rings is 1. The van der Waals surface area contributed by atoms with E-state index in [1.54, 1.807) is 6.07 Å². The Bertz CT molecular complexity index is 516. The van der Waals surface area contributed by atoms with Crippen LogP contribution in [0.15, 0.2) is 12.1 Å². The summed E-state index contributed by atoms with van der Waals surface area (Å²) < 4.78 is 5.33. The van der Waals surface area contributed by atoms with Crippen LogP contribution in [0.5, 0.6) is 0 Å². The number of nitrogens with two attached hydrogens (primary N) is 1. The molecule has 0 spiro atoms. The highest BCUT2D eigenvalue weighted by molar-refractivity contribution is 5.68. The minimum Gasteiger partial charge on any atom is -0.444 e. The number of amides is 1. The maximum atomic E-state index is 11.9. The normalized spacial score (nSPS) is 17.9. The molecular weight excluding hydrogens is 282 g/mol. The van der Waals surface area contributed by atoms with Gasteiger partial charge in [-0.15, -0.1) is 10.2 Å². The average Bonchev–Trinajstić information content (AvgIpc) is 2.38. The summed E-state index contributed by atoms with van der Waals surface area (Å²) in [6.07, 6.45) is 1.27. The van der Waals surface area contributed by atoms with Crippen molar-refractivity contribution in [3.8, 4) is 0 Å². The summed E-state index contributed by atoms with van der Waals surface area (Å²) in [6, 6.07) is 3.61. The van der Waals surface area contributed by atoms with Gasteiger partial charge in [0.05, 0.1) is 0 Å². The lowest BCUT2D eigenvalue weighted by atomic mass is 9.90. The van der Waals surface area contributed by atoms with Crippen LogP contribution in [-0.2, 0) is 4.74 Å². The molecule has 7 heteroatoms. The van der Waals surface area contributed by atoms with E-state index in [1.165, 1.54) is 0 Å². The van der Waals surface area contributed by atoms with E-state index >= 15 is 0 Å². The van der Waals surface area contributed by atoms with Crippen molar-refractivity contribution < 1.29 is 9.53 Å². The SMILES string of the molecule is CC1(NC(=O)OC(C)(C)C)CCN(c2ccc(N)nn2)CC1. The summed E-state index contributed by atoms with van der Waals surface area (Å²) in [5.74, 6) is 1.23. The second kappa shape index (κ2) is 5.98. The summed E-state index contributed by atoms with van der Waals surface area (Å²) in [5.41, 5.74) is 4.80. The lowest BCUT2D eigenvalue weighted by Gasteiger charge is -2.40. The third-order valence-electron chi connectivity index (χ3n) is 3.66. The van der Waals surface area contributed by atoms with E-state index in [0.29, 0.717) is 5.82 Å². The van der Waals surface area contributed by atoms with Gasteiger partial charge < -0.3 is 20.7 Å². The van der Waals surface area contributed by atoms with Crippen LogP contribution in [0, 0.1) is 0 Å². The van der Waals surface area contributed by atoms with Crippen molar-refractivity contribution in [1.82, 2.24) is 15.5 Å². The monoisotopic (exact) mass is 307 g/mol. The van der Waals surface area contributed by atoms with Gasteiger partial charge in [-0.3, -0.25) is 0 Å². The quantitative estimate of drug-likeness (QED) is 0.867. The Morgan fingerprint density at radius 1 is 1.32 bits per heavy atom. The van der Waals surface area contributed by atoms with E-state index in [1.807, 2.05) is 33.8 Å². The van der Waals surface area contributed by atoms with Crippen LogP contribution in [0.1, 0.15) is 40.5 Å². The molecule has 2 rings (SSSR count). The fourth-order valence-electron chi connectivity index (χ4n) is 2.41. The van der Waals surface area contributed by atoms with Crippen LogP contribution in [0.2, 0.25) is 0 Å². The number of carbonyl (C=O) groups is 1. The molecule has 0 saturated carbocycles. The largest absolute Gasteiger partial charge is 0.444 e. The first-order valence-electron chi connectivity index (χ1n) is 7.52. The van der Waals surface area contributed by atoms with Crippen molar-refractivity contribution in [2.24, 2.45) is 0 Å². The summed E-state index contributed by atoms with van der Waals surface area (Å²) in [4.78, 5) is 14.1. The number of rotatable bonds is 2. The molecule has 0 radical (unpaired) electrons. The predicted octanol–water partition coefficient (Wildman–Crippen LogP) is 1.94. The molecule has 0 aliphatic carbocycles. The molecule has 0 aromatic carbocycles. The van der Waals surface area contributed by atoms with Gasteiger partial charge >= 0.3 is 6.09 Å². The molecule has 1 amide bonds. The highest BCUT2D eigenvalue weighted by Crippen LogP contribution is 2.25. The standard InChI is InChI=1S/C15H25N5O2/c1-14(2,3)22-13(21)17-15(4)7-9-20(10-8-15)12-6-5-11(16)18-19-12/h5-6H,7-10H2,1-4H3,(H2,16,18)(H,17,21). The number of hydrogen-bond donors (Lipinski definition) is 2. The van der Waals surface area contributed by atoms with Gasteiger partial charge in [-0.25, -0.2) is 4.79 Å². The molecule has 1 aliphatic rings. The van der Waals surface area contributed by atoms with Crippen LogP contribution >= 0.6 is 0 Å². The van der Waals surface area contributed by atoms with Crippen molar-refractivity contribution in [2.75, 3.05) is 23.7 Å². The van der Waals surface area contributed by atoms with E-state index in [-0.39, 0.29) is 11.6 Å². The summed E-state index contributed by atoms with van der Waals surface area (Å²) in [5, 5.41) is 11.0. The molecule has 0 atom stereocenters. The van der Waals surface area contributed by atoms with Gasteiger partial charge in [0.1, 0.15) is 11.4 Å². The molecule has 0 bridgehead atoms. The summed E-state index contributed by atoms with van der Waals surface area (Å²) in [7, 11) is 0. The van der Waals surface area contributed by atoms with Crippen molar-refractivity contribution >= 4 is 17.7 Å². The molecule has 0 unspecified atom stereocenters. The Kier molecular flexibility index (Phi) is 4.44. The van der Waals surface area contributed by atoms with Gasteiger partial charge in [0.2, 0.25) is 0 Å². The minimum absolute atomic E-state index is 0.264. The number of alkyl carbamates (subject to hydrolysis) is 1. The molecule has 2 heterocycles. The van der Waals surface area contributed by atoms with Crippen molar-refractivity contribution in [3.63, 3.8) is 0 Å². The molecule has 1 saturated heterocycles. The summed E-state index contributed by atoms with van der Waals surface area (Å²) in [6.45, 7) is 9.21. The Labute approximate surface area is 131 Å². The second-order valence-electron chi connectivity index (χ2n) is 6.99. The first-order chi connectivity index (χ1) is 10.2. The van der Waals surface area contributed by atoms with E-state index in [2.05, 4.69) is 20.4 Å². The van der Waals surface area contributed by atoms with Crippen LogP contribution < -0.4 is 16.0 Å². The van der Waals surface area contributed by atoms with E-state index in [0.717, 1.165) is 31.7 Å². The third-order valence-corrected chi connectivity index (χ3v) is 3.66. The highest BCUT2D eigenvalue weighted by atomic mass is 16.6. The number of hydrogen-bond acceptors (Lipinski definition) is 6. The van der Waals surface area contributed by atoms with Crippen LogP contribution in [0.3, 0.4) is 0 Å². The first kappa shape index (κ1) is 16.3. The molecule has 1 aromatic heterocycles. The number of aromatic nitrogens is 2. The fourth-order valence-corrected chi connectivity index (χ4v) is 2.41. The maximum Gasteiger partial charge on any atom is 0.408 e. The number of nitrogens with one attached hydrogen (secondary N) is 1. The predicted molar refractivity (Wildman–Crippen MR) is 85.7 cm³/mol. The van der Waals surface area contributed by atoms with Crippen molar-refractivity contribution in [1.29, 1.82) is 0 Å². The topological polar surface area (TPSA) is 93.4 Å². The molecule has 22 heavy (non-hydrogen) atoms. The van der Waals surface area contributed by atoms with E-state index in [9.17, 15) is 4.79 Å². The van der Waals surface area contributed by atoms with E-state index < -0.39 is 5.60 Å². The molecule has 1 fully saturated rings. The van der Waals surface area contributed by atoms with Gasteiger partial charge in [-0.1, -0.05) is 0 Å². The van der Waals surface area contributed by atoms with Gasteiger partial charge in [-0.05, 0) is 52.7 Å². The first-order valence-corrected chi connectivity index (χ1v) is 7.52.